The van der Waals surface area contributed by atoms with Gasteiger partial charge < -0.3 is 0 Å². The minimum atomic E-state index is 0.100. The smallest absolute Gasteiger partial charge is 0.193 e. The van der Waals surface area contributed by atoms with Gasteiger partial charge in [0.05, 0.1) is 0 Å². The summed E-state index contributed by atoms with van der Waals surface area (Å²) in [7, 11) is 0. The van der Waals surface area contributed by atoms with Crippen molar-refractivity contribution in [3.05, 3.63) is 53.6 Å². The van der Waals surface area contributed by atoms with Crippen LogP contribution < -0.4 is 0 Å². The van der Waals surface area contributed by atoms with E-state index in [0.717, 1.165) is 22.3 Å². The monoisotopic (exact) mass is 170 g/mol. The van der Waals surface area contributed by atoms with Gasteiger partial charge in [-0.1, -0.05) is 36.9 Å². The average molecular weight is 170 g/mol. The van der Waals surface area contributed by atoms with E-state index >= 15 is 0 Å². The summed E-state index contributed by atoms with van der Waals surface area (Å²) < 4.78 is 0. The zero-order chi connectivity index (χ0) is 9.42. The lowest BCUT2D eigenvalue weighted by Crippen LogP contribution is -1.95. The molecule has 1 aromatic carbocycles. The molecule has 0 unspecified atom stereocenters. The van der Waals surface area contributed by atoms with Gasteiger partial charge in [0.2, 0.25) is 0 Å². The summed E-state index contributed by atoms with van der Waals surface area (Å²) in [6, 6.07) is 7.66. The molecule has 1 aliphatic carbocycles. The van der Waals surface area contributed by atoms with E-state index in [1.165, 1.54) is 0 Å². The number of hydrogen-bond acceptors (Lipinski definition) is 1. The highest BCUT2D eigenvalue weighted by molar-refractivity contribution is 6.21. The van der Waals surface area contributed by atoms with Crippen molar-refractivity contribution in [1.82, 2.24) is 0 Å². The van der Waals surface area contributed by atoms with Crippen molar-refractivity contribution in [3.63, 3.8) is 0 Å². The predicted octanol–water partition coefficient (Wildman–Crippen LogP) is 2.84. The summed E-state index contributed by atoms with van der Waals surface area (Å²) in [5.41, 5.74) is 3.62. The number of carbonyl (C=O) groups excluding carboxylic acids is 1. The van der Waals surface area contributed by atoms with E-state index in [9.17, 15) is 4.79 Å². The van der Waals surface area contributed by atoms with Crippen LogP contribution in [0.15, 0.2) is 42.5 Å². The Balaban J connectivity index is 2.71. The molecule has 0 bridgehead atoms. The fourth-order valence-electron chi connectivity index (χ4n) is 1.71. The van der Waals surface area contributed by atoms with Crippen LogP contribution in [0.1, 0.15) is 22.8 Å². The summed E-state index contributed by atoms with van der Waals surface area (Å²) in [5.74, 6) is 0.100. The van der Waals surface area contributed by atoms with Gasteiger partial charge in [-0.25, -0.2) is 0 Å². The lowest BCUT2D eigenvalue weighted by atomic mass is 10.1. The van der Waals surface area contributed by atoms with Crippen LogP contribution in [0.5, 0.6) is 0 Å². The Morgan fingerprint density at radius 3 is 2.38 bits per heavy atom. The largest absolute Gasteiger partial charge is 0.289 e. The van der Waals surface area contributed by atoms with E-state index in [4.69, 9.17) is 0 Å². The molecule has 0 amide bonds. The van der Waals surface area contributed by atoms with Crippen molar-refractivity contribution in [3.8, 4) is 0 Å². The minimum absolute atomic E-state index is 0.100. The SMILES string of the molecule is C=CC1=C(C)c2ccccc2C1=O. The Labute approximate surface area is 77.4 Å². The summed E-state index contributed by atoms with van der Waals surface area (Å²) in [4.78, 5) is 11.7. The van der Waals surface area contributed by atoms with Crippen LogP contribution in [0.2, 0.25) is 0 Å². The summed E-state index contributed by atoms with van der Waals surface area (Å²) in [6.45, 7) is 5.61. The lowest BCUT2D eigenvalue weighted by Gasteiger charge is -1.96. The normalized spacial score (nSPS) is 14.7. The highest BCUT2D eigenvalue weighted by atomic mass is 16.1. The first-order chi connectivity index (χ1) is 6.25. The number of Topliss-reactive ketones (excluding diaryl/α,β-unsaturated/α-hetero) is 1. The molecule has 1 heteroatoms. The van der Waals surface area contributed by atoms with Gasteiger partial charge in [0.15, 0.2) is 5.78 Å². The molecule has 64 valence electrons. The van der Waals surface area contributed by atoms with Gasteiger partial charge in [-0.15, -0.1) is 0 Å². The Hall–Kier alpha value is -1.63. The topological polar surface area (TPSA) is 17.1 Å². The molecule has 0 saturated heterocycles. The molecule has 0 N–H and O–H groups in total. The van der Waals surface area contributed by atoms with E-state index in [-0.39, 0.29) is 5.78 Å². The maximum absolute atomic E-state index is 11.7. The van der Waals surface area contributed by atoms with Gasteiger partial charge in [-0.3, -0.25) is 4.79 Å². The fraction of sp³-hybridized carbons (Fsp3) is 0.0833. The van der Waals surface area contributed by atoms with Crippen molar-refractivity contribution < 1.29 is 4.79 Å². The zero-order valence-electron chi connectivity index (χ0n) is 7.50. The first kappa shape index (κ1) is 7.99. The molecule has 0 radical (unpaired) electrons. The van der Waals surface area contributed by atoms with Gasteiger partial charge in [-0.2, -0.15) is 0 Å². The highest BCUT2D eigenvalue weighted by Crippen LogP contribution is 2.32. The maximum atomic E-state index is 11.7. The Morgan fingerprint density at radius 1 is 1.23 bits per heavy atom. The molecule has 0 aliphatic heterocycles. The Kier molecular flexibility index (Phi) is 1.66. The van der Waals surface area contributed by atoms with E-state index in [0.29, 0.717) is 0 Å². The van der Waals surface area contributed by atoms with Crippen molar-refractivity contribution in [2.24, 2.45) is 0 Å². The molecule has 13 heavy (non-hydrogen) atoms. The van der Waals surface area contributed by atoms with Crippen molar-refractivity contribution in [2.45, 2.75) is 6.92 Å². The molecule has 1 aliphatic rings. The van der Waals surface area contributed by atoms with Crippen LogP contribution in [0, 0.1) is 0 Å². The fourth-order valence-corrected chi connectivity index (χ4v) is 1.71. The minimum Gasteiger partial charge on any atom is -0.289 e. The number of carbonyl (C=O) groups is 1. The average Bonchev–Trinajstić information content (AvgIpc) is 2.41. The van der Waals surface area contributed by atoms with Crippen molar-refractivity contribution in [2.75, 3.05) is 0 Å². The van der Waals surface area contributed by atoms with Crippen LogP contribution in [0.25, 0.3) is 5.57 Å². The number of rotatable bonds is 1. The summed E-state index contributed by atoms with van der Waals surface area (Å²) >= 11 is 0. The number of benzene rings is 1. The molecule has 2 rings (SSSR count). The second-order valence-corrected chi connectivity index (χ2v) is 3.12. The molecule has 1 aromatic rings. The zero-order valence-corrected chi connectivity index (χ0v) is 7.50. The second-order valence-electron chi connectivity index (χ2n) is 3.12. The van der Waals surface area contributed by atoms with Crippen LogP contribution in [-0.2, 0) is 0 Å². The molecule has 0 atom stereocenters. The van der Waals surface area contributed by atoms with Crippen LogP contribution in [0.4, 0.5) is 0 Å². The molecule has 0 fully saturated rings. The summed E-state index contributed by atoms with van der Waals surface area (Å²) in [5, 5.41) is 0. The third kappa shape index (κ3) is 0.970. The first-order valence-corrected chi connectivity index (χ1v) is 4.23. The van der Waals surface area contributed by atoms with E-state index in [1.54, 1.807) is 6.08 Å². The van der Waals surface area contributed by atoms with Crippen molar-refractivity contribution in [1.29, 1.82) is 0 Å². The maximum Gasteiger partial charge on any atom is 0.193 e. The standard InChI is InChI=1S/C12H10O/c1-3-9-8(2)10-6-4-5-7-11(10)12(9)13/h3-7H,1H2,2H3. The van der Waals surface area contributed by atoms with Crippen LogP contribution in [0.3, 0.4) is 0 Å². The Bertz CT molecular complexity index is 425. The molecule has 0 heterocycles. The molecule has 0 spiro atoms. The summed E-state index contributed by atoms with van der Waals surface area (Å²) in [6.07, 6.45) is 1.64. The van der Waals surface area contributed by atoms with E-state index in [2.05, 4.69) is 6.58 Å². The lowest BCUT2D eigenvalue weighted by molar-refractivity contribution is 0.104. The number of hydrogen-bond donors (Lipinski definition) is 0. The van der Waals surface area contributed by atoms with Crippen LogP contribution in [-0.4, -0.2) is 5.78 Å². The first-order valence-electron chi connectivity index (χ1n) is 4.23. The number of fused-ring (bicyclic) bond motifs is 1. The third-order valence-corrected chi connectivity index (χ3v) is 2.43. The van der Waals surface area contributed by atoms with Crippen LogP contribution >= 0.6 is 0 Å². The Morgan fingerprint density at radius 2 is 1.85 bits per heavy atom. The van der Waals surface area contributed by atoms with Crippen molar-refractivity contribution >= 4 is 11.4 Å². The second kappa shape index (κ2) is 2.70. The molecule has 0 aromatic heterocycles. The van der Waals surface area contributed by atoms with Gasteiger partial charge >= 0.3 is 0 Å². The quantitative estimate of drug-likeness (QED) is 0.633. The molecular weight excluding hydrogens is 160 g/mol. The number of ketones is 1. The predicted molar refractivity (Wildman–Crippen MR) is 53.6 cm³/mol. The number of allylic oxidation sites excluding steroid dienone is 3. The van der Waals surface area contributed by atoms with E-state index < -0.39 is 0 Å². The van der Waals surface area contributed by atoms with Gasteiger partial charge in [-0.05, 0) is 18.1 Å². The highest BCUT2D eigenvalue weighted by Gasteiger charge is 2.23. The third-order valence-electron chi connectivity index (χ3n) is 2.43. The van der Waals surface area contributed by atoms with Gasteiger partial charge in [0, 0.05) is 11.1 Å². The van der Waals surface area contributed by atoms with E-state index in [1.807, 2.05) is 31.2 Å². The molecule has 1 nitrogen and oxygen atoms in total. The van der Waals surface area contributed by atoms with Gasteiger partial charge in [0.1, 0.15) is 0 Å². The molecular formula is C12H10O. The van der Waals surface area contributed by atoms with Gasteiger partial charge in [0.25, 0.3) is 0 Å². The molecule has 0 saturated carbocycles.